The van der Waals surface area contributed by atoms with Crippen LogP contribution in [0.3, 0.4) is 0 Å². The molecule has 0 aliphatic carbocycles. The third kappa shape index (κ3) is 3.09. The number of aliphatic carboxylic acids is 1. The molecular formula is C15H19NO5. The van der Waals surface area contributed by atoms with Crippen LogP contribution in [0.4, 0.5) is 5.69 Å². The Hall–Kier alpha value is -2.24. The molecule has 1 aliphatic rings. The van der Waals surface area contributed by atoms with Crippen LogP contribution < -0.4 is 14.4 Å². The van der Waals surface area contributed by atoms with E-state index in [4.69, 9.17) is 14.6 Å². The van der Waals surface area contributed by atoms with Crippen LogP contribution in [-0.2, 0) is 9.59 Å². The Bertz CT molecular complexity index is 543. The number of hydrogen-bond acceptors (Lipinski definition) is 4. The molecule has 0 radical (unpaired) electrons. The summed E-state index contributed by atoms with van der Waals surface area (Å²) in [7, 11) is 0. The van der Waals surface area contributed by atoms with E-state index in [0.29, 0.717) is 43.4 Å². The van der Waals surface area contributed by atoms with Crippen LogP contribution in [0.2, 0.25) is 0 Å². The first-order chi connectivity index (χ1) is 10.1. The third-order valence-electron chi connectivity index (χ3n) is 3.34. The van der Waals surface area contributed by atoms with Gasteiger partial charge < -0.3 is 19.5 Å². The highest BCUT2D eigenvalue weighted by Crippen LogP contribution is 2.34. The SMILES string of the molecule is CCOc1ccc(N2CCC(C(=O)O)C2=O)cc1OCC. The summed E-state index contributed by atoms with van der Waals surface area (Å²) in [6.45, 7) is 5.14. The van der Waals surface area contributed by atoms with Crippen LogP contribution in [-0.4, -0.2) is 36.7 Å². The zero-order chi connectivity index (χ0) is 15.4. The lowest BCUT2D eigenvalue weighted by Gasteiger charge is -2.19. The molecule has 1 N–H and O–H groups in total. The Kier molecular flexibility index (Phi) is 4.67. The first-order valence-corrected chi connectivity index (χ1v) is 7.02. The summed E-state index contributed by atoms with van der Waals surface area (Å²) in [5.74, 6) is -1.23. The average Bonchev–Trinajstić information content (AvgIpc) is 2.83. The molecule has 6 heteroatoms. The monoisotopic (exact) mass is 293 g/mol. The molecule has 2 rings (SSSR count). The van der Waals surface area contributed by atoms with E-state index < -0.39 is 11.9 Å². The molecule has 1 aromatic carbocycles. The largest absolute Gasteiger partial charge is 0.490 e. The highest BCUT2D eigenvalue weighted by Gasteiger charge is 2.37. The molecule has 21 heavy (non-hydrogen) atoms. The summed E-state index contributed by atoms with van der Waals surface area (Å²) in [6, 6.07) is 5.21. The molecule has 6 nitrogen and oxygen atoms in total. The second-order valence-corrected chi connectivity index (χ2v) is 4.67. The zero-order valence-electron chi connectivity index (χ0n) is 12.2. The zero-order valence-corrected chi connectivity index (χ0v) is 12.2. The van der Waals surface area contributed by atoms with Crippen molar-refractivity contribution in [3.05, 3.63) is 18.2 Å². The van der Waals surface area contributed by atoms with Crippen molar-refractivity contribution >= 4 is 17.6 Å². The van der Waals surface area contributed by atoms with Gasteiger partial charge in [0.1, 0.15) is 5.92 Å². The van der Waals surface area contributed by atoms with Crippen LogP contribution in [0.1, 0.15) is 20.3 Å². The fourth-order valence-electron chi connectivity index (χ4n) is 2.37. The number of nitrogens with zero attached hydrogens (tertiary/aromatic N) is 1. The van der Waals surface area contributed by atoms with Gasteiger partial charge in [0.25, 0.3) is 0 Å². The summed E-state index contributed by atoms with van der Waals surface area (Å²) in [6.07, 6.45) is 0.325. The molecule has 1 atom stereocenters. The Morgan fingerprint density at radius 1 is 1.29 bits per heavy atom. The van der Waals surface area contributed by atoms with Crippen molar-refractivity contribution in [3.63, 3.8) is 0 Å². The summed E-state index contributed by atoms with van der Waals surface area (Å²) in [4.78, 5) is 24.6. The molecule has 0 saturated carbocycles. The minimum Gasteiger partial charge on any atom is -0.490 e. The van der Waals surface area contributed by atoms with Crippen LogP contribution in [0, 0.1) is 5.92 Å². The van der Waals surface area contributed by atoms with Gasteiger partial charge in [-0.1, -0.05) is 0 Å². The number of carbonyl (C=O) groups is 2. The van der Waals surface area contributed by atoms with Crippen LogP contribution >= 0.6 is 0 Å². The second kappa shape index (κ2) is 6.47. The van der Waals surface area contributed by atoms with E-state index in [1.165, 1.54) is 4.90 Å². The van der Waals surface area contributed by atoms with E-state index in [2.05, 4.69) is 0 Å². The van der Waals surface area contributed by atoms with E-state index in [9.17, 15) is 9.59 Å². The first kappa shape index (κ1) is 15.2. The van der Waals surface area contributed by atoms with E-state index in [-0.39, 0.29) is 5.91 Å². The molecule has 1 amide bonds. The topological polar surface area (TPSA) is 76.1 Å². The molecule has 1 aliphatic heterocycles. The molecule has 0 spiro atoms. The number of carboxylic acid groups (broad SMARTS) is 1. The molecule has 1 heterocycles. The maximum absolute atomic E-state index is 12.1. The molecule has 1 saturated heterocycles. The Labute approximate surface area is 123 Å². The Morgan fingerprint density at radius 3 is 2.52 bits per heavy atom. The highest BCUT2D eigenvalue weighted by molar-refractivity contribution is 6.07. The second-order valence-electron chi connectivity index (χ2n) is 4.67. The van der Waals surface area contributed by atoms with E-state index in [1.807, 2.05) is 13.8 Å². The predicted octanol–water partition coefficient (Wildman–Crippen LogP) is 1.92. The molecule has 114 valence electrons. The van der Waals surface area contributed by atoms with Crippen molar-refractivity contribution in [2.45, 2.75) is 20.3 Å². The number of hydrogen-bond donors (Lipinski definition) is 1. The number of amides is 1. The lowest BCUT2D eigenvalue weighted by Crippen LogP contribution is -2.30. The van der Waals surface area contributed by atoms with Crippen molar-refractivity contribution < 1.29 is 24.2 Å². The van der Waals surface area contributed by atoms with Gasteiger partial charge >= 0.3 is 5.97 Å². The van der Waals surface area contributed by atoms with Gasteiger partial charge in [0.2, 0.25) is 5.91 Å². The highest BCUT2D eigenvalue weighted by atomic mass is 16.5. The van der Waals surface area contributed by atoms with Crippen molar-refractivity contribution in [2.24, 2.45) is 5.92 Å². The predicted molar refractivity (Wildman–Crippen MR) is 76.9 cm³/mol. The van der Waals surface area contributed by atoms with Crippen molar-refractivity contribution in [3.8, 4) is 11.5 Å². The summed E-state index contributed by atoms with van der Waals surface area (Å²) >= 11 is 0. The Morgan fingerprint density at radius 2 is 1.95 bits per heavy atom. The van der Waals surface area contributed by atoms with Gasteiger partial charge in [0, 0.05) is 18.3 Å². The third-order valence-corrected chi connectivity index (χ3v) is 3.34. The number of rotatable bonds is 6. The average molecular weight is 293 g/mol. The van der Waals surface area contributed by atoms with Gasteiger partial charge in [-0.3, -0.25) is 9.59 Å². The minimum atomic E-state index is -1.07. The fraction of sp³-hybridized carbons (Fsp3) is 0.467. The standard InChI is InChI=1S/C15H19NO5/c1-3-20-12-6-5-10(9-13(12)21-4-2)16-8-7-11(14(16)17)15(18)19/h5-6,9,11H,3-4,7-8H2,1-2H3,(H,18,19). The van der Waals surface area contributed by atoms with Gasteiger partial charge in [-0.25, -0.2) is 0 Å². The lowest BCUT2D eigenvalue weighted by molar-refractivity contribution is -0.144. The summed E-state index contributed by atoms with van der Waals surface area (Å²) < 4.78 is 11.0. The van der Waals surface area contributed by atoms with Crippen LogP contribution in [0.5, 0.6) is 11.5 Å². The van der Waals surface area contributed by atoms with E-state index in [0.717, 1.165) is 0 Å². The minimum absolute atomic E-state index is 0.325. The quantitative estimate of drug-likeness (QED) is 0.811. The van der Waals surface area contributed by atoms with Crippen LogP contribution in [0.15, 0.2) is 18.2 Å². The van der Waals surface area contributed by atoms with Crippen molar-refractivity contribution in [1.82, 2.24) is 0 Å². The molecule has 0 aromatic heterocycles. The Balaban J connectivity index is 2.26. The molecule has 1 unspecified atom stereocenters. The summed E-state index contributed by atoms with van der Waals surface area (Å²) in [5.41, 5.74) is 0.635. The first-order valence-electron chi connectivity index (χ1n) is 7.02. The van der Waals surface area contributed by atoms with Gasteiger partial charge in [-0.15, -0.1) is 0 Å². The molecular weight excluding hydrogens is 274 g/mol. The fourth-order valence-corrected chi connectivity index (χ4v) is 2.37. The smallest absolute Gasteiger partial charge is 0.316 e. The van der Waals surface area contributed by atoms with E-state index >= 15 is 0 Å². The maximum Gasteiger partial charge on any atom is 0.316 e. The van der Waals surface area contributed by atoms with Gasteiger partial charge in [-0.2, -0.15) is 0 Å². The van der Waals surface area contributed by atoms with E-state index in [1.54, 1.807) is 18.2 Å². The molecule has 1 fully saturated rings. The molecule has 0 bridgehead atoms. The van der Waals surface area contributed by atoms with Gasteiger partial charge in [0.05, 0.1) is 13.2 Å². The number of anilines is 1. The number of ether oxygens (including phenoxy) is 2. The maximum atomic E-state index is 12.1. The number of benzene rings is 1. The lowest BCUT2D eigenvalue weighted by atomic mass is 10.1. The van der Waals surface area contributed by atoms with Crippen molar-refractivity contribution in [1.29, 1.82) is 0 Å². The normalized spacial score (nSPS) is 17.9. The molecule has 1 aromatic rings. The van der Waals surface area contributed by atoms with Crippen molar-refractivity contribution in [2.75, 3.05) is 24.7 Å². The summed E-state index contributed by atoms with van der Waals surface area (Å²) in [5, 5.41) is 9.01. The number of carboxylic acids is 1. The van der Waals surface area contributed by atoms with Gasteiger partial charge in [-0.05, 0) is 32.4 Å². The van der Waals surface area contributed by atoms with Crippen LogP contribution in [0.25, 0.3) is 0 Å². The van der Waals surface area contributed by atoms with Gasteiger partial charge in [0.15, 0.2) is 11.5 Å². The number of carbonyl (C=O) groups excluding carboxylic acids is 1.